The summed E-state index contributed by atoms with van der Waals surface area (Å²) < 4.78 is 0. The number of nitrogens with two attached hydrogens (primary N) is 1. The first-order valence-corrected chi connectivity index (χ1v) is 5.29. The predicted molar refractivity (Wildman–Crippen MR) is 55.1 cm³/mol. The number of benzene rings is 1. The van der Waals surface area contributed by atoms with Gasteiger partial charge in [-0.15, -0.1) is 0 Å². The molecule has 14 heavy (non-hydrogen) atoms. The molecule has 0 aliphatic heterocycles. The second kappa shape index (κ2) is 2.51. The molecule has 2 aliphatic carbocycles. The molecule has 0 heterocycles. The molecule has 2 nitrogen and oxygen atoms in total. The van der Waals surface area contributed by atoms with Crippen molar-refractivity contribution in [1.82, 2.24) is 0 Å². The van der Waals surface area contributed by atoms with E-state index in [2.05, 4.69) is 0 Å². The van der Waals surface area contributed by atoms with Crippen molar-refractivity contribution in [2.24, 2.45) is 11.7 Å². The van der Waals surface area contributed by atoms with Crippen LogP contribution in [0.2, 0.25) is 0 Å². The molecule has 3 N–H and O–H groups in total. The van der Waals surface area contributed by atoms with Crippen LogP contribution in [0, 0.1) is 5.92 Å². The predicted octanol–water partition coefficient (Wildman–Crippen LogP) is 1.77. The molecule has 1 aromatic rings. The molecule has 2 atom stereocenters. The topological polar surface area (TPSA) is 46.2 Å². The largest absolute Gasteiger partial charge is 0.508 e. The van der Waals surface area contributed by atoms with E-state index in [1.807, 2.05) is 18.2 Å². The molecule has 2 aliphatic rings. The summed E-state index contributed by atoms with van der Waals surface area (Å²) in [6, 6.07) is 7.92. The van der Waals surface area contributed by atoms with Gasteiger partial charge in [0, 0.05) is 17.0 Å². The Balaban J connectivity index is 2.05. The number of phenolic OH excluding ortho intramolecular Hbond substituents is 1. The van der Waals surface area contributed by atoms with Crippen molar-refractivity contribution in [1.29, 1.82) is 0 Å². The van der Waals surface area contributed by atoms with Crippen LogP contribution >= 0.6 is 0 Å². The maximum atomic E-state index is 9.83. The Bertz CT molecular complexity index is 372. The Labute approximate surface area is 83.7 Å². The summed E-state index contributed by atoms with van der Waals surface area (Å²) in [4.78, 5) is 0. The van der Waals surface area contributed by atoms with Gasteiger partial charge >= 0.3 is 0 Å². The normalized spacial score (nSPS) is 35.6. The average molecular weight is 189 g/mol. The standard InChI is InChI=1S/C12H15NO/c13-11-7-12(11,8-5-6-8)9-3-1-2-4-10(9)14/h1-4,8,11,14H,5-7,13H2. The van der Waals surface area contributed by atoms with Crippen molar-refractivity contribution < 1.29 is 5.11 Å². The molecule has 1 aromatic carbocycles. The van der Waals surface area contributed by atoms with Crippen molar-refractivity contribution >= 4 is 0 Å². The van der Waals surface area contributed by atoms with Crippen LogP contribution in [0.25, 0.3) is 0 Å². The van der Waals surface area contributed by atoms with Gasteiger partial charge in [-0.05, 0) is 31.2 Å². The van der Waals surface area contributed by atoms with Crippen LogP contribution in [-0.4, -0.2) is 11.1 Å². The second-order valence-corrected chi connectivity index (χ2v) is 4.64. The zero-order chi connectivity index (χ0) is 9.76. The minimum Gasteiger partial charge on any atom is -0.508 e. The second-order valence-electron chi connectivity index (χ2n) is 4.64. The molecule has 0 bridgehead atoms. The fourth-order valence-electron chi connectivity index (χ4n) is 2.77. The zero-order valence-corrected chi connectivity index (χ0v) is 8.11. The molecular weight excluding hydrogens is 174 g/mol. The quantitative estimate of drug-likeness (QED) is 0.744. The van der Waals surface area contributed by atoms with Gasteiger partial charge in [-0.3, -0.25) is 0 Å². The van der Waals surface area contributed by atoms with Crippen LogP contribution in [0.15, 0.2) is 24.3 Å². The van der Waals surface area contributed by atoms with Gasteiger partial charge in [-0.25, -0.2) is 0 Å². The van der Waals surface area contributed by atoms with Crippen LogP contribution < -0.4 is 5.73 Å². The summed E-state index contributed by atoms with van der Waals surface area (Å²) in [6.07, 6.45) is 3.61. The zero-order valence-electron chi connectivity index (χ0n) is 8.11. The number of para-hydroxylation sites is 1. The summed E-state index contributed by atoms with van der Waals surface area (Å²) >= 11 is 0. The highest BCUT2D eigenvalue weighted by Crippen LogP contribution is 2.62. The number of phenols is 1. The molecule has 0 saturated heterocycles. The van der Waals surface area contributed by atoms with Crippen LogP contribution in [0.4, 0.5) is 0 Å². The summed E-state index contributed by atoms with van der Waals surface area (Å²) in [6.45, 7) is 0. The van der Waals surface area contributed by atoms with E-state index in [4.69, 9.17) is 5.73 Å². The molecule has 2 heteroatoms. The number of hydrogen-bond acceptors (Lipinski definition) is 2. The number of aromatic hydroxyl groups is 1. The Hall–Kier alpha value is -1.02. The van der Waals surface area contributed by atoms with Gasteiger partial charge < -0.3 is 10.8 Å². The van der Waals surface area contributed by atoms with Gasteiger partial charge in [0.05, 0.1) is 0 Å². The van der Waals surface area contributed by atoms with E-state index >= 15 is 0 Å². The first-order valence-electron chi connectivity index (χ1n) is 5.29. The summed E-state index contributed by atoms with van der Waals surface area (Å²) in [5, 5.41) is 9.83. The molecule has 3 rings (SSSR count). The Morgan fingerprint density at radius 1 is 1.29 bits per heavy atom. The van der Waals surface area contributed by atoms with Crippen molar-refractivity contribution in [3.8, 4) is 5.75 Å². The first kappa shape index (κ1) is 8.30. The smallest absolute Gasteiger partial charge is 0.119 e. The Morgan fingerprint density at radius 3 is 2.43 bits per heavy atom. The van der Waals surface area contributed by atoms with E-state index in [9.17, 15) is 5.11 Å². The molecule has 0 amide bonds. The molecule has 2 fully saturated rings. The molecule has 74 valence electrons. The molecule has 0 radical (unpaired) electrons. The van der Waals surface area contributed by atoms with E-state index in [0.29, 0.717) is 5.75 Å². The van der Waals surface area contributed by atoms with Crippen molar-refractivity contribution in [2.75, 3.05) is 0 Å². The van der Waals surface area contributed by atoms with Gasteiger partial charge in [0.25, 0.3) is 0 Å². The lowest BCUT2D eigenvalue weighted by molar-refractivity contribution is 0.447. The van der Waals surface area contributed by atoms with Gasteiger partial charge in [0.1, 0.15) is 5.75 Å². The van der Waals surface area contributed by atoms with Crippen molar-refractivity contribution in [3.63, 3.8) is 0 Å². The highest BCUT2D eigenvalue weighted by atomic mass is 16.3. The maximum Gasteiger partial charge on any atom is 0.119 e. The molecule has 0 spiro atoms. The first-order chi connectivity index (χ1) is 6.75. The lowest BCUT2D eigenvalue weighted by Gasteiger charge is -2.17. The van der Waals surface area contributed by atoms with Crippen LogP contribution in [0.3, 0.4) is 0 Å². The van der Waals surface area contributed by atoms with Crippen LogP contribution in [0.5, 0.6) is 5.75 Å². The summed E-state index contributed by atoms with van der Waals surface area (Å²) in [7, 11) is 0. The van der Waals surface area contributed by atoms with Crippen LogP contribution in [0.1, 0.15) is 24.8 Å². The van der Waals surface area contributed by atoms with E-state index in [-0.39, 0.29) is 11.5 Å². The minimum atomic E-state index is 0.130. The molecule has 2 unspecified atom stereocenters. The van der Waals surface area contributed by atoms with Gasteiger partial charge in [0.15, 0.2) is 0 Å². The van der Waals surface area contributed by atoms with E-state index in [0.717, 1.165) is 17.9 Å². The van der Waals surface area contributed by atoms with E-state index in [1.54, 1.807) is 6.07 Å². The Morgan fingerprint density at radius 2 is 1.93 bits per heavy atom. The highest BCUT2D eigenvalue weighted by Gasteiger charge is 2.62. The van der Waals surface area contributed by atoms with E-state index in [1.165, 1.54) is 12.8 Å². The fourth-order valence-corrected chi connectivity index (χ4v) is 2.77. The molecular formula is C12H15NO. The third-order valence-electron chi connectivity index (χ3n) is 3.77. The lowest BCUT2D eigenvalue weighted by atomic mass is 9.89. The van der Waals surface area contributed by atoms with Crippen molar-refractivity contribution in [2.45, 2.75) is 30.7 Å². The third-order valence-corrected chi connectivity index (χ3v) is 3.77. The Kier molecular flexibility index (Phi) is 1.49. The minimum absolute atomic E-state index is 0.130. The van der Waals surface area contributed by atoms with Gasteiger partial charge in [-0.1, -0.05) is 18.2 Å². The third kappa shape index (κ3) is 0.947. The summed E-state index contributed by atoms with van der Waals surface area (Å²) in [5.41, 5.74) is 7.24. The lowest BCUT2D eigenvalue weighted by Crippen LogP contribution is -2.20. The summed E-state index contributed by atoms with van der Waals surface area (Å²) in [5.74, 6) is 1.15. The number of hydrogen-bond donors (Lipinski definition) is 2. The van der Waals surface area contributed by atoms with Crippen LogP contribution in [-0.2, 0) is 5.41 Å². The highest BCUT2D eigenvalue weighted by molar-refractivity contribution is 5.47. The SMILES string of the molecule is NC1CC1(c1ccccc1O)C1CC1. The van der Waals surface area contributed by atoms with Gasteiger partial charge in [-0.2, -0.15) is 0 Å². The monoisotopic (exact) mass is 189 g/mol. The maximum absolute atomic E-state index is 9.83. The number of rotatable bonds is 2. The van der Waals surface area contributed by atoms with E-state index < -0.39 is 0 Å². The average Bonchev–Trinajstić information content (AvgIpc) is 3.01. The molecule has 2 saturated carbocycles. The fraction of sp³-hybridized carbons (Fsp3) is 0.500. The van der Waals surface area contributed by atoms with Gasteiger partial charge in [0.2, 0.25) is 0 Å². The van der Waals surface area contributed by atoms with Crippen molar-refractivity contribution in [3.05, 3.63) is 29.8 Å². The molecule has 0 aromatic heterocycles.